The third-order valence-electron chi connectivity index (χ3n) is 6.29. The molecule has 0 spiro atoms. The normalized spacial score (nSPS) is 20.1. The minimum absolute atomic E-state index is 0.113. The lowest BCUT2D eigenvalue weighted by Crippen LogP contribution is -2.55. The van der Waals surface area contributed by atoms with Gasteiger partial charge in [-0.1, -0.05) is 62.4 Å². The van der Waals surface area contributed by atoms with E-state index in [0.29, 0.717) is 6.61 Å². The van der Waals surface area contributed by atoms with E-state index in [2.05, 4.69) is 76.2 Å². The predicted molar refractivity (Wildman–Crippen MR) is 109 cm³/mol. The molecule has 0 bridgehead atoms. The predicted octanol–water partition coefficient (Wildman–Crippen LogP) is 5.84. The van der Waals surface area contributed by atoms with Gasteiger partial charge in [-0.05, 0) is 54.4 Å². The van der Waals surface area contributed by atoms with E-state index in [9.17, 15) is 4.79 Å². The van der Waals surface area contributed by atoms with Gasteiger partial charge in [0.05, 0.1) is 0 Å². The van der Waals surface area contributed by atoms with Crippen molar-refractivity contribution in [3.63, 3.8) is 0 Å². The Bertz CT molecular complexity index is 823. The van der Waals surface area contributed by atoms with Crippen LogP contribution in [0.5, 0.6) is 0 Å². The van der Waals surface area contributed by atoms with E-state index in [-0.39, 0.29) is 23.0 Å². The lowest BCUT2D eigenvalue weighted by atomic mass is 9.77. The van der Waals surface area contributed by atoms with Crippen molar-refractivity contribution in [2.45, 2.75) is 52.0 Å². The van der Waals surface area contributed by atoms with Crippen LogP contribution in [-0.4, -0.2) is 29.7 Å². The van der Waals surface area contributed by atoms with Gasteiger partial charge in [0, 0.05) is 18.0 Å². The maximum absolute atomic E-state index is 13.0. The molecule has 2 aliphatic rings. The molecular formula is C24H29NO2. The number of hydrogen-bond donors (Lipinski definition) is 0. The zero-order chi connectivity index (χ0) is 19.2. The summed E-state index contributed by atoms with van der Waals surface area (Å²) < 4.78 is 5.90. The van der Waals surface area contributed by atoms with Crippen LogP contribution in [0.4, 0.5) is 4.79 Å². The zero-order valence-electron chi connectivity index (χ0n) is 16.8. The second kappa shape index (κ2) is 6.40. The number of fused-ring (bicyclic) bond motifs is 3. The first-order valence-electron chi connectivity index (χ1n) is 9.91. The summed E-state index contributed by atoms with van der Waals surface area (Å²) in [4.78, 5) is 14.9. The standard InChI is InChI=1S/C24H29NO2/c1-23(2)13-14-24(3,4)25(16-23)22(26)27-15-21-19-11-7-5-9-17(19)18-10-6-8-12-20(18)21/h5-12,21H,13-16H2,1-4H3. The summed E-state index contributed by atoms with van der Waals surface area (Å²) in [5, 5.41) is 0. The van der Waals surface area contributed by atoms with Gasteiger partial charge in [-0.15, -0.1) is 0 Å². The smallest absolute Gasteiger partial charge is 0.410 e. The molecule has 27 heavy (non-hydrogen) atoms. The number of ether oxygens (including phenoxy) is 1. The molecular weight excluding hydrogens is 334 g/mol. The van der Waals surface area contributed by atoms with Crippen molar-refractivity contribution in [2.24, 2.45) is 5.41 Å². The highest BCUT2D eigenvalue weighted by molar-refractivity contribution is 5.79. The Morgan fingerprint density at radius 2 is 1.52 bits per heavy atom. The van der Waals surface area contributed by atoms with Crippen LogP contribution in [0.1, 0.15) is 57.6 Å². The Morgan fingerprint density at radius 1 is 0.963 bits per heavy atom. The molecule has 3 heteroatoms. The largest absolute Gasteiger partial charge is 0.448 e. The molecule has 0 unspecified atom stereocenters. The van der Waals surface area contributed by atoms with Crippen LogP contribution < -0.4 is 0 Å². The quantitative estimate of drug-likeness (QED) is 0.671. The lowest BCUT2D eigenvalue weighted by molar-refractivity contribution is 0.00335. The van der Waals surface area contributed by atoms with Gasteiger partial charge in [-0.3, -0.25) is 0 Å². The minimum Gasteiger partial charge on any atom is -0.448 e. The van der Waals surface area contributed by atoms with Crippen molar-refractivity contribution in [2.75, 3.05) is 13.2 Å². The molecule has 2 aromatic rings. The van der Waals surface area contributed by atoms with Crippen LogP contribution in [0.25, 0.3) is 11.1 Å². The highest BCUT2D eigenvalue weighted by atomic mass is 16.6. The second-order valence-corrected chi connectivity index (χ2v) is 9.37. The first-order chi connectivity index (χ1) is 12.8. The molecule has 1 saturated heterocycles. The van der Waals surface area contributed by atoms with Crippen molar-refractivity contribution >= 4 is 6.09 Å². The van der Waals surface area contributed by atoms with Crippen LogP contribution in [0, 0.1) is 5.41 Å². The van der Waals surface area contributed by atoms with E-state index >= 15 is 0 Å². The zero-order valence-corrected chi connectivity index (χ0v) is 16.8. The molecule has 0 aromatic heterocycles. The highest BCUT2D eigenvalue weighted by Crippen LogP contribution is 2.45. The fourth-order valence-corrected chi connectivity index (χ4v) is 4.48. The Hall–Kier alpha value is -2.29. The lowest BCUT2D eigenvalue weighted by Gasteiger charge is -2.48. The van der Waals surface area contributed by atoms with Crippen molar-refractivity contribution in [1.29, 1.82) is 0 Å². The van der Waals surface area contributed by atoms with E-state index in [0.717, 1.165) is 19.4 Å². The molecule has 4 rings (SSSR count). The van der Waals surface area contributed by atoms with Crippen LogP contribution in [0.15, 0.2) is 48.5 Å². The summed E-state index contributed by atoms with van der Waals surface area (Å²) >= 11 is 0. The maximum Gasteiger partial charge on any atom is 0.410 e. The van der Waals surface area contributed by atoms with Gasteiger partial charge >= 0.3 is 6.09 Å². The van der Waals surface area contributed by atoms with Crippen molar-refractivity contribution in [3.05, 3.63) is 59.7 Å². The van der Waals surface area contributed by atoms with E-state index < -0.39 is 0 Å². The SMILES string of the molecule is CC1(C)CCC(C)(C)N(C(=O)OCC2c3ccccc3-c3ccccc32)C1. The maximum atomic E-state index is 13.0. The first-order valence-corrected chi connectivity index (χ1v) is 9.91. The van der Waals surface area contributed by atoms with Crippen LogP contribution >= 0.6 is 0 Å². The Kier molecular flexibility index (Phi) is 4.29. The number of likely N-dealkylation sites (tertiary alicyclic amines) is 1. The molecule has 1 aliphatic carbocycles. The number of hydrogen-bond acceptors (Lipinski definition) is 2. The number of piperidine rings is 1. The number of carbonyl (C=O) groups is 1. The van der Waals surface area contributed by atoms with E-state index in [1.165, 1.54) is 22.3 Å². The third-order valence-corrected chi connectivity index (χ3v) is 6.29. The molecule has 0 saturated carbocycles. The van der Waals surface area contributed by atoms with Gasteiger partial charge in [0.15, 0.2) is 0 Å². The Labute approximate surface area is 162 Å². The monoisotopic (exact) mass is 363 g/mol. The molecule has 0 atom stereocenters. The fourth-order valence-electron chi connectivity index (χ4n) is 4.48. The van der Waals surface area contributed by atoms with Gasteiger partial charge in [0.25, 0.3) is 0 Å². The fraction of sp³-hybridized carbons (Fsp3) is 0.458. The molecule has 0 N–H and O–H groups in total. The summed E-state index contributed by atoms with van der Waals surface area (Å²) in [6.45, 7) is 9.88. The first kappa shape index (κ1) is 18.1. The number of carbonyl (C=O) groups excluding carboxylic acids is 1. The number of benzene rings is 2. The summed E-state index contributed by atoms with van der Waals surface area (Å²) in [6, 6.07) is 16.9. The Morgan fingerprint density at radius 3 is 2.11 bits per heavy atom. The minimum atomic E-state index is -0.186. The number of amides is 1. The topological polar surface area (TPSA) is 29.5 Å². The average molecular weight is 364 g/mol. The summed E-state index contributed by atoms with van der Waals surface area (Å²) in [5.41, 5.74) is 5.01. The molecule has 1 aliphatic heterocycles. The molecule has 2 aromatic carbocycles. The van der Waals surface area contributed by atoms with Gasteiger partial charge < -0.3 is 9.64 Å². The van der Waals surface area contributed by atoms with E-state index in [1.54, 1.807) is 0 Å². The van der Waals surface area contributed by atoms with Crippen LogP contribution in [0.3, 0.4) is 0 Å². The third kappa shape index (κ3) is 3.24. The van der Waals surface area contributed by atoms with Crippen LogP contribution in [-0.2, 0) is 4.74 Å². The summed E-state index contributed by atoms with van der Waals surface area (Å²) in [6.07, 6.45) is 1.95. The molecule has 1 fully saturated rings. The molecule has 0 radical (unpaired) electrons. The van der Waals surface area contributed by atoms with Crippen LogP contribution in [0.2, 0.25) is 0 Å². The average Bonchev–Trinajstić information content (AvgIpc) is 2.96. The highest BCUT2D eigenvalue weighted by Gasteiger charge is 2.41. The second-order valence-electron chi connectivity index (χ2n) is 9.37. The van der Waals surface area contributed by atoms with Gasteiger partial charge in [0.2, 0.25) is 0 Å². The summed E-state index contributed by atoms with van der Waals surface area (Å²) in [7, 11) is 0. The number of rotatable bonds is 2. The van der Waals surface area contributed by atoms with E-state index in [4.69, 9.17) is 4.74 Å². The number of nitrogens with zero attached hydrogens (tertiary/aromatic N) is 1. The molecule has 1 amide bonds. The van der Waals surface area contributed by atoms with E-state index in [1.807, 2.05) is 4.90 Å². The Balaban J connectivity index is 1.54. The van der Waals surface area contributed by atoms with Crippen molar-refractivity contribution in [3.8, 4) is 11.1 Å². The van der Waals surface area contributed by atoms with Crippen molar-refractivity contribution in [1.82, 2.24) is 4.90 Å². The van der Waals surface area contributed by atoms with Gasteiger partial charge in [-0.25, -0.2) is 4.79 Å². The molecule has 1 heterocycles. The van der Waals surface area contributed by atoms with Gasteiger partial charge in [-0.2, -0.15) is 0 Å². The molecule has 3 nitrogen and oxygen atoms in total. The summed E-state index contributed by atoms with van der Waals surface area (Å²) in [5.74, 6) is 0.113. The van der Waals surface area contributed by atoms with Crippen molar-refractivity contribution < 1.29 is 9.53 Å². The van der Waals surface area contributed by atoms with Gasteiger partial charge in [0.1, 0.15) is 6.61 Å². The molecule has 142 valence electrons.